The van der Waals surface area contributed by atoms with Gasteiger partial charge in [0.2, 0.25) is 0 Å². The van der Waals surface area contributed by atoms with Crippen molar-refractivity contribution in [2.24, 2.45) is 0 Å². The topological polar surface area (TPSA) is 44.1 Å². The SMILES string of the molecule is COc1cccc([C@H](C)CC(=O)c2ccc3c(C)nn(Cc4ccc(-c5ccccc5)cc4)c3c2)c1. The Kier molecular flexibility index (Phi) is 6.68. The minimum atomic E-state index is 0.0954. The van der Waals surface area contributed by atoms with Gasteiger partial charge in [0, 0.05) is 17.4 Å². The van der Waals surface area contributed by atoms with Gasteiger partial charge in [0.1, 0.15) is 5.75 Å². The summed E-state index contributed by atoms with van der Waals surface area (Å²) >= 11 is 0. The van der Waals surface area contributed by atoms with Gasteiger partial charge in [-0.1, -0.05) is 85.8 Å². The molecule has 0 spiro atoms. The minimum absolute atomic E-state index is 0.0954. The van der Waals surface area contributed by atoms with Gasteiger partial charge >= 0.3 is 0 Å². The van der Waals surface area contributed by atoms with Crippen LogP contribution >= 0.6 is 0 Å². The molecule has 0 fully saturated rings. The van der Waals surface area contributed by atoms with Crippen LogP contribution in [0.5, 0.6) is 5.75 Å². The second-order valence-electron chi connectivity index (χ2n) is 9.34. The Balaban J connectivity index is 1.36. The molecule has 1 aromatic heterocycles. The van der Waals surface area contributed by atoms with Gasteiger partial charge in [-0.15, -0.1) is 0 Å². The Hall–Kier alpha value is -4.18. The van der Waals surface area contributed by atoms with E-state index in [0.717, 1.165) is 33.5 Å². The van der Waals surface area contributed by atoms with E-state index in [0.29, 0.717) is 13.0 Å². The second kappa shape index (κ2) is 10.2. The van der Waals surface area contributed by atoms with Gasteiger partial charge < -0.3 is 4.74 Å². The van der Waals surface area contributed by atoms with Crippen LogP contribution in [0, 0.1) is 6.92 Å². The Bertz CT molecular complexity index is 1500. The molecule has 0 aliphatic rings. The standard InChI is InChI=1S/C32H30N2O2/c1-22(27-10-7-11-29(19-27)36-3)18-32(35)28-16-17-30-23(2)33-34(31(30)20-28)21-24-12-14-26(15-13-24)25-8-5-4-6-9-25/h4-17,19-20,22H,18,21H2,1-3H3/t22-/m1/s1. The highest BCUT2D eigenvalue weighted by molar-refractivity contribution is 6.00. The quantitative estimate of drug-likeness (QED) is 0.219. The summed E-state index contributed by atoms with van der Waals surface area (Å²) in [6.45, 7) is 4.75. The number of aromatic nitrogens is 2. The fourth-order valence-electron chi connectivity index (χ4n) is 4.70. The molecule has 4 aromatic carbocycles. The lowest BCUT2D eigenvalue weighted by atomic mass is 9.93. The highest BCUT2D eigenvalue weighted by atomic mass is 16.5. The normalized spacial score (nSPS) is 12.0. The number of rotatable bonds is 8. The molecule has 0 saturated carbocycles. The highest BCUT2D eigenvalue weighted by Gasteiger charge is 2.16. The van der Waals surface area contributed by atoms with E-state index in [1.165, 1.54) is 16.7 Å². The molecular weight excluding hydrogens is 444 g/mol. The van der Waals surface area contributed by atoms with Crippen LogP contribution in [0.3, 0.4) is 0 Å². The van der Waals surface area contributed by atoms with Crippen molar-refractivity contribution in [3.63, 3.8) is 0 Å². The maximum Gasteiger partial charge on any atom is 0.163 e. The first kappa shape index (κ1) is 23.6. The van der Waals surface area contributed by atoms with Gasteiger partial charge in [-0.3, -0.25) is 9.48 Å². The number of ether oxygens (including phenoxy) is 1. The first-order valence-corrected chi connectivity index (χ1v) is 12.3. The maximum absolute atomic E-state index is 13.2. The van der Waals surface area contributed by atoms with Gasteiger partial charge in [0.15, 0.2) is 5.78 Å². The molecule has 0 saturated heterocycles. The number of nitrogens with zero attached hydrogens (tertiary/aromatic N) is 2. The molecule has 4 heteroatoms. The molecule has 5 rings (SSSR count). The summed E-state index contributed by atoms with van der Waals surface area (Å²) in [7, 11) is 1.66. The predicted octanol–water partition coefficient (Wildman–Crippen LogP) is 7.45. The third-order valence-electron chi connectivity index (χ3n) is 6.81. The van der Waals surface area contributed by atoms with Crippen LogP contribution in [0.1, 0.15) is 46.4 Å². The van der Waals surface area contributed by atoms with Crippen LogP contribution in [0.4, 0.5) is 0 Å². The minimum Gasteiger partial charge on any atom is -0.497 e. The zero-order valence-corrected chi connectivity index (χ0v) is 20.9. The molecule has 0 aliphatic heterocycles. The third kappa shape index (κ3) is 4.94. The van der Waals surface area contributed by atoms with E-state index in [1.807, 2.05) is 60.1 Å². The Labute approximate surface area is 212 Å². The molecule has 0 amide bonds. The number of methoxy groups -OCH3 is 1. The molecule has 1 heterocycles. The van der Waals surface area contributed by atoms with Gasteiger partial charge in [0.25, 0.3) is 0 Å². The Morgan fingerprint density at radius 1 is 0.889 bits per heavy atom. The van der Waals surface area contributed by atoms with Crippen molar-refractivity contribution in [2.45, 2.75) is 32.7 Å². The molecule has 0 unspecified atom stereocenters. The lowest BCUT2D eigenvalue weighted by molar-refractivity contribution is 0.0975. The van der Waals surface area contributed by atoms with Gasteiger partial charge in [-0.25, -0.2) is 0 Å². The fraction of sp³-hybridized carbons (Fsp3) is 0.188. The summed E-state index contributed by atoms with van der Waals surface area (Å²) in [5.74, 6) is 1.03. The van der Waals surface area contributed by atoms with Crippen molar-refractivity contribution in [3.8, 4) is 16.9 Å². The van der Waals surface area contributed by atoms with E-state index >= 15 is 0 Å². The van der Waals surface area contributed by atoms with Gasteiger partial charge in [-0.2, -0.15) is 5.10 Å². The van der Waals surface area contributed by atoms with Crippen LogP contribution in [-0.4, -0.2) is 22.7 Å². The van der Waals surface area contributed by atoms with E-state index in [-0.39, 0.29) is 11.7 Å². The highest BCUT2D eigenvalue weighted by Crippen LogP contribution is 2.27. The van der Waals surface area contributed by atoms with Crippen LogP contribution in [0.25, 0.3) is 22.0 Å². The van der Waals surface area contributed by atoms with Crippen molar-refractivity contribution in [3.05, 3.63) is 119 Å². The smallest absolute Gasteiger partial charge is 0.163 e. The summed E-state index contributed by atoms with van der Waals surface area (Å²) in [5.41, 5.74) is 7.34. The van der Waals surface area contributed by atoms with Gasteiger partial charge in [0.05, 0.1) is 24.9 Å². The van der Waals surface area contributed by atoms with Crippen molar-refractivity contribution in [1.29, 1.82) is 0 Å². The molecule has 0 bridgehead atoms. The van der Waals surface area contributed by atoms with E-state index in [1.54, 1.807) is 7.11 Å². The Morgan fingerprint density at radius 2 is 1.64 bits per heavy atom. The van der Waals surface area contributed by atoms with Crippen LogP contribution in [0.2, 0.25) is 0 Å². The van der Waals surface area contributed by atoms with Crippen molar-refractivity contribution in [1.82, 2.24) is 9.78 Å². The summed E-state index contributed by atoms with van der Waals surface area (Å²) in [6.07, 6.45) is 0.437. The number of carbonyl (C=O) groups excluding carboxylic acids is 1. The molecule has 5 aromatic rings. The number of aryl methyl sites for hydroxylation is 1. The molecule has 0 N–H and O–H groups in total. The summed E-state index contributed by atoms with van der Waals surface area (Å²) < 4.78 is 7.35. The number of hydrogen-bond donors (Lipinski definition) is 0. The number of Topliss-reactive ketones (excluding diaryl/α,β-unsaturated/α-hetero) is 1. The van der Waals surface area contributed by atoms with E-state index in [2.05, 4.69) is 55.5 Å². The van der Waals surface area contributed by atoms with Crippen molar-refractivity contribution >= 4 is 16.7 Å². The molecule has 180 valence electrons. The number of fused-ring (bicyclic) bond motifs is 1. The lowest BCUT2D eigenvalue weighted by Crippen LogP contribution is -2.06. The van der Waals surface area contributed by atoms with E-state index in [9.17, 15) is 4.79 Å². The molecule has 1 atom stereocenters. The molecule has 36 heavy (non-hydrogen) atoms. The summed E-state index contributed by atoms with van der Waals surface area (Å²) in [5, 5.41) is 5.86. The monoisotopic (exact) mass is 474 g/mol. The fourth-order valence-corrected chi connectivity index (χ4v) is 4.70. The Morgan fingerprint density at radius 3 is 2.39 bits per heavy atom. The predicted molar refractivity (Wildman–Crippen MR) is 146 cm³/mol. The number of hydrogen-bond acceptors (Lipinski definition) is 3. The van der Waals surface area contributed by atoms with E-state index < -0.39 is 0 Å². The van der Waals surface area contributed by atoms with Gasteiger partial charge in [-0.05, 0) is 53.3 Å². The number of benzene rings is 4. The molecule has 0 radical (unpaired) electrons. The summed E-state index contributed by atoms with van der Waals surface area (Å²) in [6, 6.07) is 32.9. The average Bonchev–Trinajstić information content (AvgIpc) is 3.23. The summed E-state index contributed by atoms with van der Waals surface area (Å²) in [4.78, 5) is 13.2. The zero-order chi connectivity index (χ0) is 25.1. The van der Waals surface area contributed by atoms with Crippen LogP contribution in [0.15, 0.2) is 97.1 Å². The first-order valence-electron chi connectivity index (χ1n) is 12.3. The number of carbonyl (C=O) groups is 1. The largest absolute Gasteiger partial charge is 0.497 e. The number of ketones is 1. The van der Waals surface area contributed by atoms with E-state index in [4.69, 9.17) is 9.84 Å². The third-order valence-corrected chi connectivity index (χ3v) is 6.81. The van der Waals surface area contributed by atoms with Crippen molar-refractivity contribution < 1.29 is 9.53 Å². The molecular formula is C32H30N2O2. The van der Waals surface area contributed by atoms with Crippen molar-refractivity contribution in [2.75, 3.05) is 7.11 Å². The van der Waals surface area contributed by atoms with Crippen LogP contribution in [-0.2, 0) is 6.54 Å². The second-order valence-corrected chi connectivity index (χ2v) is 9.34. The maximum atomic E-state index is 13.2. The average molecular weight is 475 g/mol. The first-order chi connectivity index (χ1) is 17.5. The lowest BCUT2D eigenvalue weighted by Gasteiger charge is -2.13. The van der Waals surface area contributed by atoms with Crippen LogP contribution < -0.4 is 4.74 Å². The molecule has 4 nitrogen and oxygen atoms in total. The zero-order valence-electron chi connectivity index (χ0n) is 20.9. The molecule has 0 aliphatic carbocycles.